The first-order valence-corrected chi connectivity index (χ1v) is 6.24. The van der Waals surface area contributed by atoms with E-state index in [4.69, 9.17) is 5.73 Å². The molecule has 0 bridgehead atoms. The van der Waals surface area contributed by atoms with Crippen LogP contribution in [0.5, 0.6) is 0 Å². The predicted molar refractivity (Wildman–Crippen MR) is 72.3 cm³/mol. The summed E-state index contributed by atoms with van der Waals surface area (Å²) in [4.78, 5) is 0. The summed E-state index contributed by atoms with van der Waals surface area (Å²) in [6.45, 7) is 0.575. The van der Waals surface area contributed by atoms with Crippen LogP contribution in [0.1, 0.15) is 5.56 Å². The largest absolute Gasteiger partial charge is 0.330 e. The zero-order valence-corrected chi connectivity index (χ0v) is 10.9. The summed E-state index contributed by atoms with van der Waals surface area (Å²) >= 11 is 3.37. The zero-order valence-electron chi connectivity index (χ0n) is 9.29. The highest BCUT2D eigenvalue weighted by molar-refractivity contribution is 9.10. The fourth-order valence-corrected chi connectivity index (χ4v) is 2.01. The van der Waals surface area contributed by atoms with Gasteiger partial charge in [-0.25, -0.2) is 4.39 Å². The molecule has 0 aliphatic heterocycles. The molecule has 2 N–H and O–H groups in total. The minimum absolute atomic E-state index is 0.201. The lowest BCUT2D eigenvalue weighted by atomic mass is 10.0. The second kappa shape index (κ2) is 5.43. The molecule has 0 heterocycles. The minimum atomic E-state index is -0.201. The normalized spacial score (nSPS) is 10.5. The molecule has 1 nitrogen and oxygen atoms in total. The van der Waals surface area contributed by atoms with Gasteiger partial charge in [-0.15, -0.1) is 0 Å². The van der Waals surface area contributed by atoms with Crippen LogP contribution in [0, 0.1) is 5.82 Å². The van der Waals surface area contributed by atoms with Gasteiger partial charge in [-0.05, 0) is 48.4 Å². The Bertz CT molecular complexity index is 508. The van der Waals surface area contributed by atoms with E-state index < -0.39 is 0 Å². The molecule has 0 saturated heterocycles. The van der Waals surface area contributed by atoms with Crippen LogP contribution >= 0.6 is 15.9 Å². The summed E-state index contributed by atoms with van der Waals surface area (Å²) in [6, 6.07) is 12.8. The number of hydrogen-bond acceptors (Lipinski definition) is 1. The van der Waals surface area contributed by atoms with Gasteiger partial charge < -0.3 is 5.73 Å². The molecule has 88 valence electrons. The fourth-order valence-electron chi connectivity index (χ4n) is 1.75. The van der Waals surface area contributed by atoms with E-state index in [-0.39, 0.29) is 5.82 Å². The van der Waals surface area contributed by atoms with Crippen LogP contribution in [-0.2, 0) is 6.42 Å². The summed E-state index contributed by atoms with van der Waals surface area (Å²) in [5, 5.41) is 0. The maximum absolute atomic E-state index is 13.8. The Morgan fingerprint density at radius 1 is 1.06 bits per heavy atom. The van der Waals surface area contributed by atoms with Gasteiger partial charge in [-0.1, -0.05) is 34.1 Å². The SMILES string of the molecule is NCCc1ccc(F)c(-c2ccc(Br)cc2)c1. The molecule has 0 radical (unpaired) electrons. The molecule has 0 aliphatic carbocycles. The standard InChI is InChI=1S/C14H13BrFN/c15-12-4-2-11(3-5-12)13-9-10(7-8-17)1-6-14(13)16/h1-6,9H,7-8,17H2. The predicted octanol–water partition coefficient (Wildman–Crippen LogP) is 3.76. The zero-order chi connectivity index (χ0) is 12.3. The smallest absolute Gasteiger partial charge is 0.131 e. The lowest BCUT2D eigenvalue weighted by Crippen LogP contribution is -2.03. The van der Waals surface area contributed by atoms with Crippen LogP contribution in [0.15, 0.2) is 46.9 Å². The van der Waals surface area contributed by atoms with E-state index in [1.165, 1.54) is 6.07 Å². The molecule has 0 atom stereocenters. The van der Waals surface area contributed by atoms with Crippen molar-refractivity contribution < 1.29 is 4.39 Å². The van der Waals surface area contributed by atoms with Crippen molar-refractivity contribution in [3.63, 3.8) is 0 Å². The van der Waals surface area contributed by atoms with Gasteiger partial charge in [0.05, 0.1) is 0 Å². The van der Waals surface area contributed by atoms with Gasteiger partial charge in [0, 0.05) is 10.0 Å². The van der Waals surface area contributed by atoms with Crippen LogP contribution in [0.25, 0.3) is 11.1 Å². The van der Waals surface area contributed by atoms with Gasteiger partial charge in [-0.2, -0.15) is 0 Å². The van der Waals surface area contributed by atoms with Crippen molar-refractivity contribution in [2.75, 3.05) is 6.54 Å². The summed E-state index contributed by atoms with van der Waals surface area (Å²) < 4.78 is 14.7. The highest BCUT2D eigenvalue weighted by Gasteiger charge is 2.06. The third-order valence-corrected chi connectivity index (χ3v) is 3.15. The second-order valence-electron chi connectivity index (χ2n) is 3.86. The first-order valence-electron chi connectivity index (χ1n) is 5.45. The molecule has 0 aromatic heterocycles. The van der Waals surface area contributed by atoms with Crippen LogP contribution in [0.4, 0.5) is 4.39 Å². The van der Waals surface area contributed by atoms with Crippen LogP contribution in [0.2, 0.25) is 0 Å². The molecule has 17 heavy (non-hydrogen) atoms. The highest BCUT2D eigenvalue weighted by Crippen LogP contribution is 2.25. The maximum Gasteiger partial charge on any atom is 0.131 e. The number of rotatable bonds is 3. The van der Waals surface area contributed by atoms with Crippen LogP contribution in [-0.4, -0.2) is 6.54 Å². The summed E-state index contributed by atoms with van der Waals surface area (Å²) in [6.07, 6.45) is 0.768. The molecule has 2 rings (SSSR count). The van der Waals surface area contributed by atoms with Gasteiger partial charge in [0.1, 0.15) is 5.82 Å². The molecule has 2 aromatic carbocycles. The summed E-state index contributed by atoms with van der Waals surface area (Å²) in [7, 11) is 0. The second-order valence-corrected chi connectivity index (χ2v) is 4.78. The Morgan fingerprint density at radius 2 is 1.76 bits per heavy atom. The van der Waals surface area contributed by atoms with Crippen molar-refractivity contribution in [3.05, 3.63) is 58.3 Å². The van der Waals surface area contributed by atoms with E-state index >= 15 is 0 Å². The monoisotopic (exact) mass is 293 g/mol. The topological polar surface area (TPSA) is 26.0 Å². The quantitative estimate of drug-likeness (QED) is 0.916. The van der Waals surface area contributed by atoms with Gasteiger partial charge >= 0.3 is 0 Å². The average Bonchev–Trinajstić information content (AvgIpc) is 2.33. The third kappa shape index (κ3) is 2.93. The fraction of sp³-hybridized carbons (Fsp3) is 0.143. The lowest BCUT2D eigenvalue weighted by molar-refractivity contribution is 0.630. The van der Waals surface area contributed by atoms with Gasteiger partial charge in [0.15, 0.2) is 0 Å². The Hall–Kier alpha value is -1.19. The Balaban J connectivity index is 2.42. The maximum atomic E-state index is 13.8. The molecule has 3 heteroatoms. The van der Waals surface area contributed by atoms with E-state index in [1.807, 2.05) is 30.3 Å². The molecule has 0 aliphatic rings. The van der Waals surface area contributed by atoms with Crippen molar-refractivity contribution in [3.8, 4) is 11.1 Å². The molecule has 0 saturated carbocycles. The van der Waals surface area contributed by atoms with Crippen molar-refractivity contribution in [1.82, 2.24) is 0 Å². The molecule has 0 amide bonds. The summed E-state index contributed by atoms with van der Waals surface area (Å²) in [5.74, 6) is -0.201. The molecule has 0 spiro atoms. The molecular weight excluding hydrogens is 281 g/mol. The number of nitrogens with two attached hydrogens (primary N) is 1. The van der Waals surface area contributed by atoms with E-state index in [0.717, 1.165) is 22.0 Å². The van der Waals surface area contributed by atoms with E-state index in [2.05, 4.69) is 15.9 Å². The van der Waals surface area contributed by atoms with Gasteiger partial charge in [-0.3, -0.25) is 0 Å². The van der Waals surface area contributed by atoms with Crippen LogP contribution < -0.4 is 5.73 Å². The molecule has 0 fully saturated rings. The summed E-state index contributed by atoms with van der Waals surface area (Å²) in [5.41, 5.74) is 8.08. The first-order chi connectivity index (χ1) is 8.20. The number of benzene rings is 2. The molecule has 2 aromatic rings. The van der Waals surface area contributed by atoms with Crippen molar-refractivity contribution in [2.24, 2.45) is 5.73 Å². The average molecular weight is 294 g/mol. The van der Waals surface area contributed by atoms with Crippen molar-refractivity contribution in [2.45, 2.75) is 6.42 Å². The first kappa shape index (κ1) is 12.3. The minimum Gasteiger partial charge on any atom is -0.330 e. The lowest BCUT2D eigenvalue weighted by Gasteiger charge is -2.06. The molecular formula is C14H13BrFN. The van der Waals surface area contributed by atoms with Gasteiger partial charge in [0.2, 0.25) is 0 Å². The van der Waals surface area contributed by atoms with Crippen LogP contribution in [0.3, 0.4) is 0 Å². The Morgan fingerprint density at radius 3 is 2.41 bits per heavy atom. The highest BCUT2D eigenvalue weighted by atomic mass is 79.9. The third-order valence-electron chi connectivity index (χ3n) is 2.62. The number of hydrogen-bond donors (Lipinski definition) is 1. The van der Waals surface area contributed by atoms with E-state index in [1.54, 1.807) is 6.07 Å². The Labute approximate surface area is 109 Å². The van der Waals surface area contributed by atoms with Gasteiger partial charge in [0.25, 0.3) is 0 Å². The Kier molecular flexibility index (Phi) is 3.92. The van der Waals surface area contributed by atoms with E-state index in [0.29, 0.717) is 12.1 Å². The number of halogens is 2. The van der Waals surface area contributed by atoms with E-state index in [9.17, 15) is 4.39 Å². The van der Waals surface area contributed by atoms with Crippen molar-refractivity contribution in [1.29, 1.82) is 0 Å². The molecule has 0 unspecified atom stereocenters. The van der Waals surface area contributed by atoms with Crippen molar-refractivity contribution >= 4 is 15.9 Å².